The third-order valence-electron chi connectivity index (χ3n) is 4.34. The number of ether oxygens (including phenoxy) is 3. The lowest BCUT2D eigenvalue weighted by Crippen LogP contribution is -2.26. The number of alkyl halides is 5. The second kappa shape index (κ2) is 8.17. The first-order valence-electron chi connectivity index (χ1n) is 9.01. The Kier molecular flexibility index (Phi) is 5.59. The highest BCUT2D eigenvalue weighted by atomic mass is 35.5. The quantitative estimate of drug-likeness (QED) is 0.287. The monoisotopic (exact) mass is 506 g/mol. The van der Waals surface area contributed by atoms with Crippen molar-refractivity contribution in [3.05, 3.63) is 76.0 Å². The molecule has 1 aromatic heterocycles. The number of amides is 1. The van der Waals surface area contributed by atoms with Gasteiger partial charge in [0.2, 0.25) is 17.7 Å². The van der Waals surface area contributed by atoms with Gasteiger partial charge < -0.3 is 24.7 Å². The van der Waals surface area contributed by atoms with Crippen LogP contribution < -0.4 is 24.3 Å². The largest absolute Gasteiger partial charge is 0.619 e. The van der Waals surface area contributed by atoms with Gasteiger partial charge in [-0.3, -0.25) is 4.79 Å². The SMILES string of the molecule is O=C(Nc1ccc[n+]([O-])c1)c1cc(Cl)c(C(F)(F)F)cc1Oc1ccc(F)c2c1OC(F)(F)O2. The standard InChI is InChI=1S/C20H9ClF6N2O5/c21-12-6-10(18(30)28-9-2-1-5-29(31)8-9)15(7-11(12)19(23,24)25)32-14-4-3-13(22)16-17(14)34-20(26,27)33-16/h1-8H,(H,28,30). The van der Waals surface area contributed by atoms with Gasteiger partial charge in [0.15, 0.2) is 17.8 Å². The smallest absolute Gasteiger partial charge is 0.586 e. The van der Waals surface area contributed by atoms with E-state index in [2.05, 4.69) is 14.8 Å². The molecule has 7 nitrogen and oxygen atoms in total. The maximum absolute atomic E-state index is 13.9. The third kappa shape index (κ3) is 4.59. The summed E-state index contributed by atoms with van der Waals surface area (Å²) in [6.45, 7) is 0. The van der Waals surface area contributed by atoms with Crippen molar-refractivity contribution in [2.45, 2.75) is 12.5 Å². The summed E-state index contributed by atoms with van der Waals surface area (Å²) < 4.78 is 94.9. The van der Waals surface area contributed by atoms with Crippen LogP contribution in [-0.4, -0.2) is 12.2 Å². The third-order valence-corrected chi connectivity index (χ3v) is 4.65. The van der Waals surface area contributed by atoms with Crippen molar-refractivity contribution < 1.29 is 50.1 Å². The average Bonchev–Trinajstić information content (AvgIpc) is 3.06. The topological polar surface area (TPSA) is 83.7 Å². The number of nitrogens with zero attached hydrogens (tertiary/aromatic N) is 1. The van der Waals surface area contributed by atoms with E-state index in [-0.39, 0.29) is 5.69 Å². The number of anilines is 1. The number of pyridine rings is 1. The number of fused-ring (bicyclic) bond motifs is 1. The summed E-state index contributed by atoms with van der Waals surface area (Å²) in [6, 6.07) is 5.05. The molecule has 0 fully saturated rings. The molecule has 0 saturated heterocycles. The molecule has 178 valence electrons. The zero-order chi connectivity index (χ0) is 24.8. The maximum Gasteiger partial charge on any atom is 0.586 e. The Hall–Kier alpha value is -3.87. The van der Waals surface area contributed by atoms with Crippen LogP contribution in [0.3, 0.4) is 0 Å². The van der Waals surface area contributed by atoms with E-state index < -0.39 is 63.3 Å². The molecule has 34 heavy (non-hydrogen) atoms. The highest BCUT2D eigenvalue weighted by Gasteiger charge is 2.47. The van der Waals surface area contributed by atoms with Crippen LogP contribution in [0.25, 0.3) is 0 Å². The van der Waals surface area contributed by atoms with Gasteiger partial charge in [-0.1, -0.05) is 11.6 Å². The molecular formula is C20H9ClF6N2O5. The second-order valence-corrected chi connectivity index (χ2v) is 7.11. The van der Waals surface area contributed by atoms with Crippen LogP contribution in [0.15, 0.2) is 48.8 Å². The van der Waals surface area contributed by atoms with Crippen molar-refractivity contribution in [3.63, 3.8) is 0 Å². The minimum absolute atomic E-state index is 0.0245. The van der Waals surface area contributed by atoms with Crippen LogP contribution in [0.5, 0.6) is 23.0 Å². The summed E-state index contributed by atoms with van der Waals surface area (Å²) in [7, 11) is 0. The van der Waals surface area contributed by atoms with E-state index in [4.69, 9.17) is 16.3 Å². The Morgan fingerprint density at radius 1 is 1.12 bits per heavy atom. The van der Waals surface area contributed by atoms with Crippen LogP contribution in [0.2, 0.25) is 5.02 Å². The second-order valence-electron chi connectivity index (χ2n) is 6.71. The molecule has 4 rings (SSSR count). The zero-order valence-electron chi connectivity index (χ0n) is 16.3. The normalized spacial score (nSPS) is 14.1. The minimum Gasteiger partial charge on any atom is -0.619 e. The van der Waals surface area contributed by atoms with Crippen molar-refractivity contribution in [1.82, 2.24) is 0 Å². The molecule has 1 aliphatic rings. The number of hydrogen-bond acceptors (Lipinski definition) is 5. The van der Waals surface area contributed by atoms with Crippen LogP contribution >= 0.6 is 11.6 Å². The maximum atomic E-state index is 13.9. The summed E-state index contributed by atoms with van der Waals surface area (Å²) in [5, 5.41) is 12.8. The number of carbonyl (C=O) groups is 1. The van der Waals surface area contributed by atoms with Gasteiger partial charge in [0.1, 0.15) is 11.4 Å². The number of rotatable bonds is 4. The Balaban J connectivity index is 1.79. The lowest BCUT2D eigenvalue weighted by Gasteiger charge is -2.16. The van der Waals surface area contributed by atoms with E-state index >= 15 is 0 Å². The van der Waals surface area contributed by atoms with Crippen molar-refractivity contribution in [3.8, 4) is 23.0 Å². The van der Waals surface area contributed by atoms with Crippen LogP contribution in [0.1, 0.15) is 15.9 Å². The molecule has 1 amide bonds. The molecular weight excluding hydrogens is 498 g/mol. The van der Waals surface area contributed by atoms with Crippen molar-refractivity contribution in [2.24, 2.45) is 0 Å². The molecule has 0 saturated carbocycles. The van der Waals surface area contributed by atoms with Gasteiger partial charge in [0, 0.05) is 6.07 Å². The van der Waals surface area contributed by atoms with Crippen molar-refractivity contribution in [1.29, 1.82) is 0 Å². The summed E-state index contributed by atoms with van der Waals surface area (Å²) in [5.74, 6) is -5.74. The molecule has 3 aromatic rings. The number of nitrogens with one attached hydrogen (secondary N) is 1. The zero-order valence-corrected chi connectivity index (χ0v) is 17.0. The Labute approximate surface area is 190 Å². The summed E-state index contributed by atoms with van der Waals surface area (Å²) >= 11 is 5.71. The van der Waals surface area contributed by atoms with Crippen LogP contribution in [0, 0.1) is 11.0 Å². The fourth-order valence-electron chi connectivity index (χ4n) is 2.93. The fourth-order valence-corrected chi connectivity index (χ4v) is 3.20. The van der Waals surface area contributed by atoms with Gasteiger partial charge in [0.25, 0.3) is 5.91 Å². The van der Waals surface area contributed by atoms with E-state index in [1.807, 2.05) is 0 Å². The summed E-state index contributed by atoms with van der Waals surface area (Å²) in [5.41, 5.74) is -1.99. The fraction of sp³-hybridized carbons (Fsp3) is 0.100. The highest BCUT2D eigenvalue weighted by Crippen LogP contribution is 2.50. The molecule has 14 heteroatoms. The lowest BCUT2D eigenvalue weighted by molar-refractivity contribution is -0.604. The van der Waals surface area contributed by atoms with Gasteiger partial charge in [0.05, 0.1) is 16.1 Å². The van der Waals surface area contributed by atoms with Crippen LogP contribution in [0.4, 0.5) is 32.0 Å². The molecule has 2 heterocycles. The van der Waals surface area contributed by atoms with Gasteiger partial charge in [-0.25, -0.2) is 4.39 Å². The van der Waals surface area contributed by atoms with Crippen LogP contribution in [-0.2, 0) is 6.18 Å². The number of aromatic nitrogens is 1. The van der Waals surface area contributed by atoms with Crippen molar-refractivity contribution in [2.75, 3.05) is 5.32 Å². The van der Waals surface area contributed by atoms with Gasteiger partial charge >= 0.3 is 12.5 Å². The molecule has 2 aromatic carbocycles. The Morgan fingerprint density at radius 2 is 1.82 bits per heavy atom. The molecule has 0 spiro atoms. The summed E-state index contributed by atoms with van der Waals surface area (Å²) in [4.78, 5) is 12.8. The predicted octanol–water partition coefficient (Wildman–Crippen LogP) is 5.50. The van der Waals surface area contributed by atoms with Gasteiger partial charge in [-0.2, -0.15) is 17.9 Å². The first kappa shape index (κ1) is 23.3. The van der Waals surface area contributed by atoms with E-state index in [1.165, 1.54) is 12.1 Å². The van der Waals surface area contributed by atoms with E-state index in [9.17, 15) is 36.3 Å². The molecule has 0 unspecified atom stereocenters. The number of carbonyl (C=O) groups excluding carboxylic acids is 1. The summed E-state index contributed by atoms with van der Waals surface area (Å²) in [6.07, 6.45) is -7.16. The predicted molar refractivity (Wildman–Crippen MR) is 102 cm³/mol. The first-order chi connectivity index (χ1) is 15.8. The first-order valence-corrected chi connectivity index (χ1v) is 9.39. The molecule has 0 radical (unpaired) electrons. The molecule has 0 aliphatic carbocycles. The van der Waals surface area contributed by atoms with E-state index in [0.29, 0.717) is 22.9 Å². The number of benzene rings is 2. The average molecular weight is 507 g/mol. The number of hydrogen-bond donors (Lipinski definition) is 1. The Bertz CT molecular complexity index is 1300. The molecule has 0 bridgehead atoms. The minimum atomic E-state index is -4.98. The molecule has 1 N–H and O–H groups in total. The Morgan fingerprint density at radius 3 is 2.50 bits per heavy atom. The molecule has 1 aliphatic heterocycles. The van der Waals surface area contributed by atoms with E-state index in [0.717, 1.165) is 18.5 Å². The highest BCUT2D eigenvalue weighted by molar-refractivity contribution is 6.32. The van der Waals surface area contributed by atoms with Crippen molar-refractivity contribution >= 4 is 23.2 Å². The van der Waals surface area contributed by atoms with Gasteiger partial charge in [-0.15, -0.1) is 8.78 Å². The lowest BCUT2D eigenvalue weighted by atomic mass is 10.1. The van der Waals surface area contributed by atoms with Gasteiger partial charge in [-0.05, 0) is 30.3 Å². The van der Waals surface area contributed by atoms with E-state index in [1.54, 1.807) is 0 Å². The number of halogens is 7. The molecule has 0 atom stereocenters.